The van der Waals surface area contributed by atoms with Crippen LogP contribution >= 0.6 is 11.8 Å². The first kappa shape index (κ1) is 7.02. The molecule has 0 aromatic heterocycles. The number of hydrogen-bond acceptors (Lipinski definition) is 2. The van der Waals surface area contributed by atoms with Gasteiger partial charge in [0.1, 0.15) is 0 Å². The molecule has 0 saturated carbocycles. The van der Waals surface area contributed by atoms with Gasteiger partial charge in [0.2, 0.25) is 0 Å². The second-order valence-corrected chi connectivity index (χ2v) is 2.24. The lowest BCUT2D eigenvalue weighted by Gasteiger charge is -1.86. The van der Waals surface area contributed by atoms with Crippen LogP contribution in [0.2, 0.25) is 0 Å². The average molecular weight is 117 g/mol. The Morgan fingerprint density at radius 1 is 1.86 bits per heavy atom. The predicted molar refractivity (Wildman–Crippen MR) is 32.9 cm³/mol. The van der Waals surface area contributed by atoms with E-state index in [0.717, 1.165) is 0 Å². The van der Waals surface area contributed by atoms with Gasteiger partial charge in [0.15, 0.2) is 5.12 Å². The van der Waals surface area contributed by atoms with Crippen LogP contribution in [0.4, 0.5) is 0 Å². The molecule has 0 spiro atoms. The molecule has 0 fully saturated rings. The van der Waals surface area contributed by atoms with E-state index in [4.69, 9.17) is 0 Å². The van der Waals surface area contributed by atoms with E-state index in [1.165, 1.54) is 11.8 Å². The normalized spacial score (nSPS) is 8.86. The molecule has 1 nitrogen and oxygen atoms in total. The summed E-state index contributed by atoms with van der Waals surface area (Å²) in [6, 6.07) is 0. The van der Waals surface area contributed by atoms with Crippen LogP contribution in [0.3, 0.4) is 0 Å². The maximum Gasteiger partial charge on any atom is 0.188 e. The number of rotatable bonds is 2. The fourth-order valence-electron chi connectivity index (χ4n) is 0.215. The van der Waals surface area contributed by atoms with Crippen molar-refractivity contribution in [1.29, 1.82) is 0 Å². The first-order chi connectivity index (χ1) is 3.31. The van der Waals surface area contributed by atoms with Gasteiger partial charge in [-0.3, -0.25) is 4.79 Å². The number of carbonyl (C=O) groups excluding carboxylic acids is 1. The van der Waals surface area contributed by atoms with E-state index in [1.54, 1.807) is 5.75 Å². The van der Waals surface area contributed by atoms with Crippen molar-refractivity contribution in [2.24, 2.45) is 0 Å². The van der Waals surface area contributed by atoms with Gasteiger partial charge in [0.25, 0.3) is 0 Å². The third-order valence-electron chi connectivity index (χ3n) is 0.538. The minimum atomic E-state index is 0.238. The van der Waals surface area contributed by atoms with Crippen molar-refractivity contribution in [1.82, 2.24) is 0 Å². The van der Waals surface area contributed by atoms with E-state index in [0.29, 0.717) is 6.42 Å². The second-order valence-electron chi connectivity index (χ2n) is 1.08. The highest BCUT2D eigenvalue weighted by Crippen LogP contribution is 2.06. The van der Waals surface area contributed by atoms with Gasteiger partial charge < -0.3 is 0 Å². The highest BCUT2D eigenvalue weighted by molar-refractivity contribution is 8.15. The van der Waals surface area contributed by atoms with Crippen molar-refractivity contribution in [2.45, 2.75) is 20.3 Å². The summed E-state index contributed by atoms with van der Waals surface area (Å²) in [5.74, 6) is 1.80. The smallest absolute Gasteiger partial charge is 0.188 e. The number of thioether (sulfide) groups is 1. The quantitative estimate of drug-likeness (QED) is 0.549. The summed E-state index contributed by atoms with van der Waals surface area (Å²) in [6.45, 7) is 3.72. The molecule has 0 saturated heterocycles. The Balaban J connectivity index is 3.00. The fourth-order valence-corrected chi connectivity index (χ4v) is 0.644. The molecule has 0 aromatic rings. The van der Waals surface area contributed by atoms with Crippen LogP contribution in [-0.2, 0) is 4.79 Å². The highest BCUT2D eigenvalue weighted by Gasteiger charge is 1.92. The maximum atomic E-state index is 10.3. The van der Waals surface area contributed by atoms with E-state index in [-0.39, 0.29) is 5.12 Å². The molecule has 0 heterocycles. The number of carbonyl (C=O) groups is 1. The molecule has 0 unspecified atom stereocenters. The Bertz CT molecular complexity index is 61.1. The summed E-state index contributed by atoms with van der Waals surface area (Å²) in [5.41, 5.74) is 0. The molecule has 0 aliphatic heterocycles. The van der Waals surface area contributed by atoms with Crippen LogP contribution in [0.1, 0.15) is 20.3 Å². The molecular weight excluding hydrogens is 108 g/mol. The largest absolute Gasteiger partial charge is 0.287 e. The SMILES string of the molecule is C[CH]SC(=O)CC. The first-order valence-electron chi connectivity index (χ1n) is 2.28. The molecule has 0 N–H and O–H groups in total. The molecule has 2 heteroatoms. The lowest BCUT2D eigenvalue weighted by atomic mass is 10.6. The van der Waals surface area contributed by atoms with Crippen LogP contribution in [0, 0.1) is 5.75 Å². The Hall–Kier alpha value is 0.0200. The summed E-state index contributed by atoms with van der Waals surface area (Å²) in [5, 5.41) is 0.238. The van der Waals surface area contributed by atoms with Crippen molar-refractivity contribution >= 4 is 16.9 Å². The lowest BCUT2D eigenvalue weighted by Crippen LogP contribution is -1.83. The third-order valence-corrected chi connectivity index (χ3v) is 1.33. The minimum absolute atomic E-state index is 0.238. The molecular formula is C5H9OS. The van der Waals surface area contributed by atoms with Crippen molar-refractivity contribution in [2.75, 3.05) is 0 Å². The van der Waals surface area contributed by atoms with Crippen molar-refractivity contribution in [3.8, 4) is 0 Å². The van der Waals surface area contributed by atoms with Gasteiger partial charge in [-0.05, 0) is 0 Å². The van der Waals surface area contributed by atoms with E-state index in [2.05, 4.69) is 0 Å². The van der Waals surface area contributed by atoms with E-state index >= 15 is 0 Å². The fraction of sp³-hybridized carbons (Fsp3) is 0.600. The second kappa shape index (κ2) is 4.19. The van der Waals surface area contributed by atoms with Gasteiger partial charge in [-0.2, -0.15) is 0 Å². The molecule has 0 aliphatic carbocycles. The van der Waals surface area contributed by atoms with E-state index < -0.39 is 0 Å². The minimum Gasteiger partial charge on any atom is -0.287 e. The van der Waals surface area contributed by atoms with Crippen LogP contribution in [-0.4, -0.2) is 5.12 Å². The highest BCUT2D eigenvalue weighted by atomic mass is 32.2. The summed E-state index contributed by atoms with van der Waals surface area (Å²) in [6.07, 6.45) is 0.634. The summed E-state index contributed by atoms with van der Waals surface area (Å²) < 4.78 is 0. The molecule has 0 amide bonds. The summed E-state index contributed by atoms with van der Waals surface area (Å²) in [4.78, 5) is 10.3. The summed E-state index contributed by atoms with van der Waals surface area (Å²) >= 11 is 1.27. The van der Waals surface area contributed by atoms with Crippen molar-refractivity contribution < 1.29 is 4.79 Å². The standard InChI is InChI=1S/C5H9OS/c1-3-5(6)7-4-2/h4H,3H2,1-2H3. The van der Waals surface area contributed by atoms with Crippen LogP contribution < -0.4 is 0 Å². The Kier molecular flexibility index (Phi) is 4.20. The zero-order chi connectivity index (χ0) is 5.70. The topological polar surface area (TPSA) is 17.1 Å². The monoisotopic (exact) mass is 117 g/mol. The van der Waals surface area contributed by atoms with Gasteiger partial charge in [-0.25, -0.2) is 0 Å². The predicted octanol–water partition coefficient (Wildman–Crippen LogP) is 1.84. The molecule has 0 aromatic carbocycles. The molecule has 0 rings (SSSR count). The van der Waals surface area contributed by atoms with E-state index in [9.17, 15) is 4.79 Å². The maximum absolute atomic E-state index is 10.3. The van der Waals surface area contributed by atoms with Crippen LogP contribution in [0.25, 0.3) is 0 Å². The van der Waals surface area contributed by atoms with Crippen LogP contribution in [0.5, 0.6) is 0 Å². The molecule has 7 heavy (non-hydrogen) atoms. The lowest BCUT2D eigenvalue weighted by molar-refractivity contribution is -0.110. The van der Waals surface area contributed by atoms with Crippen molar-refractivity contribution in [3.63, 3.8) is 0 Å². The molecule has 0 bridgehead atoms. The Morgan fingerprint density at radius 2 is 2.43 bits per heavy atom. The van der Waals surface area contributed by atoms with Crippen molar-refractivity contribution in [3.05, 3.63) is 5.75 Å². The van der Waals surface area contributed by atoms with E-state index in [1.807, 2.05) is 13.8 Å². The van der Waals surface area contributed by atoms with Gasteiger partial charge in [0, 0.05) is 12.2 Å². The van der Waals surface area contributed by atoms with Gasteiger partial charge in [0.05, 0.1) is 0 Å². The molecule has 0 atom stereocenters. The Labute approximate surface area is 48.5 Å². The number of hydrogen-bond donors (Lipinski definition) is 0. The average Bonchev–Trinajstić information content (AvgIpc) is 1.68. The molecule has 0 aliphatic rings. The zero-order valence-electron chi connectivity index (χ0n) is 4.60. The molecule has 1 radical (unpaired) electrons. The Morgan fingerprint density at radius 3 is 2.57 bits per heavy atom. The van der Waals surface area contributed by atoms with Gasteiger partial charge >= 0.3 is 0 Å². The summed E-state index contributed by atoms with van der Waals surface area (Å²) in [7, 11) is 0. The van der Waals surface area contributed by atoms with Gasteiger partial charge in [-0.1, -0.05) is 25.6 Å². The zero-order valence-corrected chi connectivity index (χ0v) is 5.42. The third kappa shape index (κ3) is 3.86. The van der Waals surface area contributed by atoms with Gasteiger partial charge in [-0.15, -0.1) is 0 Å². The molecule has 41 valence electrons. The first-order valence-corrected chi connectivity index (χ1v) is 3.16. The van der Waals surface area contributed by atoms with Crippen LogP contribution in [0.15, 0.2) is 0 Å².